The average molecular weight is 311 g/mol. The van der Waals surface area contributed by atoms with Crippen LogP contribution in [0.5, 0.6) is 0 Å². The fraction of sp³-hybridized carbons (Fsp3) is 0.308. The first-order chi connectivity index (χ1) is 9.44. The Morgan fingerprint density at radius 3 is 2.75 bits per heavy atom. The van der Waals surface area contributed by atoms with Crippen molar-refractivity contribution in [2.75, 3.05) is 0 Å². The predicted molar refractivity (Wildman–Crippen MR) is 79.9 cm³/mol. The van der Waals surface area contributed by atoms with E-state index in [1.165, 1.54) is 11.3 Å². The van der Waals surface area contributed by atoms with E-state index in [0.29, 0.717) is 11.4 Å². The van der Waals surface area contributed by atoms with Crippen molar-refractivity contribution in [2.24, 2.45) is 5.73 Å². The fourth-order valence-corrected chi connectivity index (χ4v) is 4.36. The Kier molecular flexibility index (Phi) is 4.54. The predicted octanol–water partition coefficient (Wildman–Crippen LogP) is 1.70. The van der Waals surface area contributed by atoms with E-state index in [2.05, 4.69) is 9.71 Å². The molecule has 5 nitrogen and oxygen atoms in total. The molecule has 0 bridgehead atoms. The molecule has 108 valence electrons. The minimum Gasteiger partial charge on any atom is -0.326 e. The van der Waals surface area contributed by atoms with Crippen molar-refractivity contribution in [3.63, 3.8) is 0 Å². The molecule has 0 fully saturated rings. The molecule has 0 saturated heterocycles. The highest BCUT2D eigenvalue weighted by Crippen LogP contribution is 2.25. The van der Waals surface area contributed by atoms with Crippen LogP contribution in [0.1, 0.15) is 20.9 Å². The molecule has 0 aliphatic carbocycles. The lowest BCUT2D eigenvalue weighted by atomic mass is 10.2. The quantitative estimate of drug-likeness (QED) is 0.880. The Bertz CT molecular complexity index is 708. The van der Waals surface area contributed by atoms with Gasteiger partial charge in [0.1, 0.15) is 0 Å². The molecule has 2 aromatic rings. The van der Waals surface area contributed by atoms with Gasteiger partial charge in [0.15, 0.2) is 0 Å². The van der Waals surface area contributed by atoms with E-state index >= 15 is 0 Å². The van der Waals surface area contributed by atoms with Crippen molar-refractivity contribution in [1.82, 2.24) is 9.71 Å². The van der Waals surface area contributed by atoms with Crippen LogP contribution in [0.2, 0.25) is 0 Å². The molecular weight excluding hydrogens is 294 g/mol. The monoisotopic (exact) mass is 311 g/mol. The highest BCUT2D eigenvalue weighted by Gasteiger charge is 2.19. The molecule has 2 aromatic heterocycles. The zero-order valence-electron chi connectivity index (χ0n) is 11.4. The van der Waals surface area contributed by atoms with Crippen LogP contribution in [-0.2, 0) is 23.1 Å². The maximum Gasteiger partial charge on any atom is 0.241 e. The summed E-state index contributed by atoms with van der Waals surface area (Å²) in [5.74, 6) is 0. The first-order valence-electron chi connectivity index (χ1n) is 6.12. The van der Waals surface area contributed by atoms with Gasteiger partial charge in [-0.25, -0.2) is 13.1 Å². The van der Waals surface area contributed by atoms with Gasteiger partial charge < -0.3 is 5.73 Å². The van der Waals surface area contributed by atoms with Crippen molar-refractivity contribution in [1.29, 1.82) is 0 Å². The van der Waals surface area contributed by atoms with Crippen molar-refractivity contribution in [2.45, 2.75) is 31.8 Å². The third kappa shape index (κ3) is 3.24. The third-order valence-corrected chi connectivity index (χ3v) is 5.73. The van der Waals surface area contributed by atoms with Crippen molar-refractivity contribution >= 4 is 21.4 Å². The van der Waals surface area contributed by atoms with Crippen LogP contribution in [0.4, 0.5) is 0 Å². The minimum absolute atomic E-state index is 0.254. The summed E-state index contributed by atoms with van der Waals surface area (Å²) in [4.78, 5) is 5.92. The van der Waals surface area contributed by atoms with E-state index < -0.39 is 10.0 Å². The molecule has 0 unspecified atom stereocenters. The fourth-order valence-electron chi connectivity index (χ4n) is 1.84. The van der Waals surface area contributed by atoms with E-state index in [0.717, 1.165) is 20.9 Å². The summed E-state index contributed by atoms with van der Waals surface area (Å²) >= 11 is 1.41. The largest absolute Gasteiger partial charge is 0.326 e. The van der Waals surface area contributed by atoms with Gasteiger partial charge in [0, 0.05) is 35.2 Å². The number of nitrogens with one attached hydrogen (secondary N) is 1. The molecule has 3 N–H and O–H groups in total. The summed E-state index contributed by atoms with van der Waals surface area (Å²) in [6.45, 7) is 4.30. The number of thiophene rings is 1. The van der Waals surface area contributed by atoms with E-state index in [1.54, 1.807) is 25.4 Å². The summed E-state index contributed by atoms with van der Waals surface area (Å²) in [7, 11) is -3.51. The molecular formula is C13H17N3O2S2. The Morgan fingerprint density at radius 2 is 2.15 bits per heavy atom. The number of sulfonamides is 1. The molecule has 0 saturated carbocycles. The highest BCUT2D eigenvalue weighted by molar-refractivity contribution is 7.89. The Hall–Kier alpha value is -1.28. The Balaban J connectivity index is 2.19. The van der Waals surface area contributed by atoms with E-state index in [1.807, 2.05) is 13.0 Å². The standard InChI is InChI=1S/C13H17N3O2S2/c1-9-7-15-4-3-11(9)8-16-20(17,18)13-5-12(6-14)19-10(13)2/h3-5,7,16H,6,8,14H2,1-2H3. The molecule has 20 heavy (non-hydrogen) atoms. The summed E-state index contributed by atoms with van der Waals surface area (Å²) in [6, 6.07) is 3.45. The van der Waals surface area contributed by atoms with Crippen LogP contribution in [0.25, 0.3) is 0 Å². The van der Waals surface area contributed by atoms with Gasteiger partial charge in [-0.05, 0) is 37.1 Å². The molecule has 0 amide bonds. The summed E-state index contributed by atoms with van der Waals surface area (Å²) in [6.07, 6.45) is 3.37. The van der Waals surface area contributed by atoms with E-state index in [4.69, 9.17) is 5.73 Å². The number of rotatable bonds is 5. The van der Waals surface area contributed by atoms with Crippen LogP contribution in [-0.4, -0.2) is 13.4 Å². The van der Waals surface area contributed by atoms with Crippen LogP contribution in [0.15, 0.2) is 29.4 Å². The number of hydrogen-bond acceptors (Lipinski definition) is 5. The van der Waals surface area contributed by atoms with Gasteiger partial charge in [-0.3, -0.25) is 4.98 Å². The highest BCUT2D eigenvalue weighted by atomic mass is 32.2. The summed E-state index contributed by atoms with van der Waals surface area (Å²) in [5, 5.41) is 0. The topological polar surface area (TPSA) is 85.1 Å². The summed E-state index contributed by atoms with van der Waals surface area (Å²) in [5.41, 5.74) is 7.42. The van der Waals surface area contributed by atoms with Gasteiger partial charge in [-0.1, -0.05) is 0 Å². The smallest absolute Gasteiger partial charge is 0.241 e. The van der Waals surface area contributed by atoms with Gasteiger partial charge in [0.2, 0.25) is 10.0 Å². The number of nitrogens with two attached hydrogens (primary N) is 1. The first-order valence-corrected chi connectivity index (χ1v) is 8.42. The lowest BCUT2D eigenvalue weighted by Gasteiger charge is -2.08. The van der Waals surface area contributed by atoms with Crippen LogP contribution in [0.3, 0.4) is 0 Å². The number of hydrogen-bond donors (Lipinski definition) is 2. The molecule has 0 aliphatic rings. The lowest BCUT2D eigenvalue weighted by molar-refractivity contribution is 0.581. The van der Waals surface area contributed by atoms with Gasteiger partial charge in [0.05, 0.1) is 4.90 Å². The molecule has 2 heterocycles. The zero-order chi connectivity index (χ0) is 14.8. The second-order valence-corrected chi connectivity index (χ2v) is 7.54. The second kappa shape index (κ2) is 6.01. The Morgan fingerprint density at radius 1 is 1.40 bits per heavy atom. The molecule has 0 radical (unpaired) electrons. The molecule has 2 rings (SSSR count). The van der Waals surface area contributed by atoms with Crippen molar-refractivity contribution in [3.8, 4) is 0 Å². The summed E-state index contributed by atoms with van der Waals surface area (Å²) < 4.78 is 27.2. The molecule has 0 spiro atoms. The van der Waals surface area contributed by atoms with E-state index in [-0.39, 0.29) is 6.54 Å². The van der Waals surface area contributed by atoms with Crippen molar-refractivity contribution in [3.05, 3.63) is 45.4 Å². The van der Waals surface area contributed by atoms with Crippen molar-refractivity contribution < 1.29 is 8.42 Å². The minimum atomic E-state index is -3.51. The van der Waals surface area contributed by atoms with Gasteiger partial charge in [-0.15, -0.1) is 11.3 Å². The number of pyridine rings is 1. The first kappa shape index (κ1) is 15.1. The molecule has 0 aliphatic heterocycles. The maximum atomic E-state index is 12.3. The van der Waals surface area contributed by atoms with E-state index in [9.17, 15) is 8.42 Å². The normalized spacial score (nSPS) is 11.8. The number of aryl methyl sites for hydroxylation is 2. The third-order valence-electron chi connectivity index (χ3n) is 3.00. The van der Waals surface area contributed by atoms with Gasteiger partial charge >= 0.3 is 0 Å². The Labute approximate surface area is 122 Å². The molecule has 0 atom stereocenters. The molecule has 7 heteroatoms. The van der Waals surface area contributed by atoms with Gasteiger partial charge in [0.25, 0.3) is 0 Å². The maximum absolute atomic E-state index is 12.3. The average Bonchev–Trinajstić information content (AvgIpc) is 2.80. The number of aromatic nitrogens is 1. The van der Waals surface area contributed by atoms with Crippen LogP contribution < -0.4 is 10.5 Å². The lowest BCUT2D eigenvalue weighted by Crippen LogP contribution is -2.23. The second-order valence-electron chi connectivity index (χ2n) is 4.46. The van der Waals surface area contributed by atoms with Crippen LogP contribution >= 0.6 is 11.3 Å². The zero-order valence-corrected chi connectivity index (χ0v) is 13.0. The SMILES string of the molecule is Cc1cnccc1CNS(=O)(=O)c1cc(CN)sc1C. The molecule has 0 aromatic carbocycles. The van der Waals surface area contributed by atoms with Gasteiger partial charge in [-0.2, -0.15) is 0 Å². The van der Waals surface area contributed by atoms with Crippen LogP contribution in [0, 0.1) is 13.8 Å². The number of nitrogens with zero attached hydrogens (tertiary/aromatic N) is 1.